The summed E-state index contributed by atoms with van der Waals surface area (Å²) in [6.07, 6.45) is 0. The van der Waals surface area contributed by atoms with E-state index in [0.29, 0.717) is 19.8 Å². The Labute approximate surface area is 179 Å². The lowest BCUT2D eigenvalue weighted by Crippen LogP contribution is -2.13. The Morgan fingerprint density at radius 1 is 0.931 bits per heavy atom. The lowest BCUT2D eigenvalue weighted by molar-refractivity contribution is 0.0759. The maximum Gasteiger partial charge on any atom is 0.124 e. The van der Waals surface area contributed by atoms with Crippen molar-refractivity contribution >= 4 is 18.2 Å². The quantitative estimate of drug-likeness (QED) is 0.506. The van der Waals surface area contributed by atoms with Crippen LogP contribution < -0.4 is 5.32 Å². The second kappa shape index (κ2) is 11.0. The molecule has 0 radical (unpaired) electrons. The first kappa shape index (κ1) is 22.9. The summed E-state index contributed by atoms with van der Waals surface area (Å²) in [5, 5.41) is 8.05. The molecule has 0 saturated carbocycles. The van der Waals surface area contributed by atoms with Crippen molar-refractivity contribution in [2.24, 2.45) is 7.05 Å². The smallest absolute Gasteiger partial charge is 0.124 e. The molecule has 1 N–H and O–H groups in total. The van der Waals surface area contributed by atoms with Crippen molar-refractivity contribution in [2.75, 3.05) is 38.8 Å². The Hall–Kier alpha value is -2.34. The molecule has 0 fully saturated rings. The molecule has 156 valence electrons. The van der Waals surface area contributed by atoms with Crippen molar-refractivity contribution < 1.29 is 9.47 Å². The Bertz CT molecular complexity index is 907. The molecule has 0 aliphatic carbocycles. The van der Waals surface area contributed by atoms with Crippen molar-refractivity contribution in [3.63, 3.8) is 0 Å². The lowest BCUT2D eigenvalue weighted by Gasteiger charge is -2.07. The van der Waals surface area contributed by atoms with E-state index in [-0.39, 0.29) is 12.4 Å². The largest absolute Gasteiger partial charge is 0.382 e. The monoisotopic (exact) mass is 415 g/mol. The maximum absolute atomic E-state index is 5.49. The molecule has 0 spiro atoms. The molecule has 1 heterocycles. The van der Waals surface area contributed by atoms with Gasteiger partial charge in [-0.25, -0.2) is 0 Å². The molecule has 3 aromatic rings. The van der Waals surface area contributed by atoms with Crippen molar-refractivity contribution in [1.82, 2.24) is 9.78 Å². The fourth-order valence-electron chi connectivity index (χ4n) is 3.14. The van der Waals surface area contributed by atoms with Gasteiger partial charge >= 0.3 is 0 Å². The molecule has 1 aromatic heterocycles. The highest BCUT2D eigenvalue weighted by atomic mass is 35.5. The minimum Gasteiger partial charge on any atom is -0.382 e. The molecule has 5 nitrogen and oxygen atoms in total. The zero-order valence-corrected chi connectivity index (χ0v) is 18.4. The summed E-state index contributed by atoms with van der Waals surface area (Å²) in [5.74, 6) is 0.979. The number of benzene rings is 2. The number of ether oxygens (including phenoxy) is 2. The standard InChI is InChI=1S/C23H29N3O2.ClH/c1-17-5-7-19(8-6-17)20-9-10-21(18(2)15-20)22-16-23(26(3)25-22)24-11-12-28-14-13-27-4;/h5-10,15-16,24H,11-14H2,1-4H3;1H. The van der Waals surface area contributed by atoms with Crippen molar-refractivity contribution in [2.45, 2.75) is 13.8 Å². The summed E-state index contributed by atoms with van der Waals surface area (Å²) in [6.45, 7) is 6.84. The van der Waals surface area contributed by atoms with Gasteiger partial charge < -0.3 is 14.8 Å². The van der Waals surface area contributed by atoms with Crippen molar-refractivity contribution in [3.8, 4) is 22.4 Å². The molecule has 0 aliphatic heterocycles. The van der Waals surface area contributed by atoms with Gasteiger partial charge in [-0.2, -0.15) is 5.10 Å². The molecule has 0 unspecified atom stereocenters. The summed E-state index contributed by atoms with van der Waals surface area (Å²) in [5.41, 5.74) is 7.07. The van der Waals surface area contributed by atoms with Crippen LogP contribution in [0.3, 0.4) is 0 Å². The number of methoxy groups -OCH3 is 1. The van der Waals surface area contributed by atoms with E-state index in [2.05, 4.69) is 72.8 Å². The first-order valence-electron chi connectivity index (χ1n) is 9.61. The van der Waals surface area contributed by atoms with Crippen molar-refractivity contribution in [3.05, 3.63) is 59.7 Å². The number of halogens is 1. The Morgan fingerprint density at radius 2 is 1.66 bits per heavy atom. The predicted octanol–water partition coefficient (Wildman–Crippen LogP) is 4.87. The molecule has 0 aliphatic rings. The normalized spacial score (nSPS) is 10.6. The SMILES string of the molecule is COCCOCCNc1cc(-c2ccc(-c3ccc(C)cc3)cc2C)nn1C.Cl. The van der Waals surface area contributed by atoms with Crippen LogP contribution in [-0.4, -0.2) is 43.3 Å². The molecule has 0 bridgehead atoms. The molecular formula is C23H30ClN3O2. The summed E-state index contributed by atoms with van der Waals surface area (Å²) in [6, 6.07) is 17.3. The predicted molar refractivity (Wildman–Crippen MR) is 122 cm³/mol. The highest BCUT2D eigenvalue weighted by Gasteiger charge is 2.10. The molecular weight excluding hydrogens is 386 g/mol. The lowest BCUT2D eigenvalue weighted by atomic mass is 9.98. The first-order valence-corrected chi connectivity index (χ1v) is 9.61. The van der Waals surface area contributed by atoms with Gasteiger partial charge in [0.1, 0.15) is 5.82 Å². The Morgan fingerprint density at radius 3 is 2.34 bits per heavy atom. The van der Waals surface area contributed by atoms with Gasteiger partial charge in [-0.05, 0) is 30.5 Å². The second-order valence-electron chi connectivity index (χ2n) is 6.97. The van der Waals surface area contributed by atoms with E-state index in [9.17, 15) is 0 Å². The number of hydrogen-bond donors (Lipinski definition) is 1. The summed E-state index contributed by atoms with van der Waals surface area (Å²) in [7, 11) is 3.63. The van der Waals surface area contributed by atoms with Gasteiger partial charge in [0.05, 0.1) is 25.5 Å². The van der Waals surface area contributed by atoms with Crippen LogP contribution in [0.4, 0.5) is 5.82 Å². The highest BCUT2D eigenvalue weighted by Crippen LogP contribution is 2.29. The fraction of sp³-hybridized carbons (Fsp3) is 0.348. The van der Waals surface area contributed by atoms with Crippen LogP contribution in [0.5, 0.6) is 0 Å². The zero-order valence-electron chi connectivity index (χ0n) is 17.6. The average molecular weight is 416 g/mol. The fourth-order valence-corrected chi connectivity index (χ4v) is 3.14. The number of nitrogens with one attached hydrogen (secondary N) is 1. The van der Waals surface area contributed by atoms with Gasteiger partial charge in [0, 0.05) is 32.3 Å². The number of aryl methyl sites for hydroxylation is 3. The number of anilines is 1. The van der Waals surface area contributed by atoms with Gasteiger partial charge in [-0.3, -0.25) is 4.68 Å². The summed E-state index contributed by atoms with van der Waals surface area (Å²) < 4.78 is 12.3. The number of hydrogen-bond acceptors (Lipinski definition) is 4. The second-order valence-corrected chi connectivity index (χ2v) is 6.97. The maximum atomic E-state index is 5.49. The van der Waals surface area contributed by atoms with Gasteiger partial charge in [0.2, 0.25) is 0 Å². The van der Waals surface area contributed by atoms with E-state index in [1.54, 1.807) is 7.11 Å². The van der Waals surface area contributed by atoms with E-state index in [4.69, 9.17) is 9.47 Å². The number of rotatable bonds is 9. The Kier molecular flexibility index (Phi) is 8.70. The molecule has 6 heteroatoms. The van der Waals surface area contributed by atoms with Gasteiger partial charge in [-0.1, -0.05) is 48.0 Å². The van der Waals surface area contributed by atoms with Gasteiger partial charge in [0.25, 0.3) is 0 Å². The summed E-state index contributed by atoms with van der Waals surface area (Å²) in [4.78, 5) is 0. The average Bonchev–Trinajstić information content (AvgIpc) is 3.05. The molecule has 0 atom stereocenters. The third-order valence-electron chi connectivity index (χ3n) is 4.75. The first-order chi connectivity index (χ1) is 13.6. The number of nitrogens with zero attached hydrogens (tertiary/aromatic N) is 2. The summed E-state index contributed by atoms with van der Waals surface area (Å²) >= 11 is 0. The van der Waals surface area contributed by atoms with Crippen LogP contribution in [0.2, 0.25) is 0 Å². The molecule has 0 amide bonds. The molecule has 3 rings (SSSR count). The van der Waals surface area contributed by atoms with Crippen LogP contribution >= 0.6 is 12.4 Å². The van der Waals surface area contributed by atoms with Crippen LogP contribution in [0.1, 0.15) is 11.1 Å². The zero-order chi connectivity index (χ0) is 19.9. The number of aromatic nitrogens is 2. The molecule has 0 saturated heterocycles. The third-order valence-corrected chi connectivity index (χ3v) is 4.75. The van der Waals surface area contributed by atoms with E-state index in [1.807, 2.05) is 11.7 Å². The van der Waals surface area contributed by atoms with E-state index >= 15 is 0 Å². The van der Waals surface area contributed by atoms with Crippen LogP contribution in [0, 0.1) is 13.8 Å². The van der Waals surface area contributed by atoms with Gasteiger partial charge in [-0.15, -0.1) is 12.4 Å². The van der Waals surface area contributed by atoms with Crippen molar-refractivity contribution in [1.29, 1.82) is 0 Å². The topological polar surface area (TPSA) is 48.3 Å². The van der Waals surface area contributed by atoms with Crippen LogP contribution in [0.25, 0.3) is 22.4 Å². The minimum atomic E-state index is 0. The van der Waals surface area contributed by atoms with Crippen LogP contribution in [0.15, 0.2) is 48.5 Å². The van der Waals surface area contributed by atoms with Crippen LogP contribution in [-0.2, 0) is 16.5 Å². The Balaban J connectivity index is 0.00000300. The molecule has 29 heavy (non-hydrogen) atoms. The van der Waals surface area contributed by atoms with E-state index in [1.165, 1.54) is 22.3 Å². The minimum absolute atomic E-state index is 0. The van der Waals surface area contributed by atoms with Gasteiger partial charge in [0.15, 0.2) is 0 Å². The third kappa shape index (κ3) is 6.07. The van der Waals surface area contributed by atoms with E-state index < -0.39 is 0 Å². The molecule has 2 aromatic carbocycles. The highest BCUT2D eigenvalue weighted by molar-refractivity contribution is 5.85. The van der Waals surface area contributed by atoms with E-state index in [0.717, 1.165) is 23.6 Å².